The first-order chi connectivity index (χ1) is 8.00. The highest BCUT2D eigenvalue weighted by Gasteiger charge is 2.14. The zero-order chi connectivity index (χ0) is 12.8. The van der Waals surface area contributed by atoms with E-state index in [1.54, 1.807) is 0 Å². The van der Waals surface area contributed by atoms with Gasteiger partial charge in [0, 0.05) is 6.54 Å². The monoisotopic (exact) mass is 241 g/mol. The van der Waals surface area contributed by atoms with Crippen LogP contribution in [0, 0.1) is 0 Å². The predicted octanol–water partition coefficient (Wildman–Crippen LogP) is 1.83. The SMILES string of the molecule is CC(C)OCCN(C)Cc1occc1C(=O)O. The lowest BCUT2D eigenvalue weighted by Gasteiger charge is -2.16. The van der Waals surface area contributed by atoms with Crippen LogP contribution in [-0.4, -0.2) is 42.3 Å². The minimum Gasteiger partial charge on any atom is -0.478 e. The Balaban J connectivity index is 2.42. The number of likely N-dealkylation sites (N-methyl/N-ethyl adjacent to an activating group) is 1. The van der Waals surface area contributed by atoms with E-state index in [2.05, 4.69) is 0 Å². The lowest BCUT2D eigenvalue weighted by molar-refractivity contribution is 0.0612. The fourth-order valence-electron chi connectivity index (χ4n) is 1.42. The zero-order valence-corrected chi connectivity index (χ0v) is 10.5. The smallest absolute Gasteiger partial charge is 0.339 e. The number of hydrogen-bond donors (Lipinski definition) is 1. The highest BCUT2D eigenvalue weighted by atomic mass is 16.5. The number of carbonyl (C=O) groups is 1. The third-order valence-corrected chi connectivity index (χ3v) is 2.31. The van der Waals surface area contributed by atoms with Gasteiger partial charge in [0.15, 0.2) is 0 Å². The molecule has 0 atom stereocenters. The normalized spacial score (nSPS) is 11.4. The van der Waals surface area contributed by atoms with Gasteiger partial charge in [-0.25, -0.2) is 4.79 Å². The number of rotatable bonds is 7. The summed E-state index contributed by atoms with van der Waals surface area (Å²) in [5.74, 6) is -0.481. The van der Waals surface area contributed by atoms with Crippen molar-refractivity contribution in [1.29, 1.82) is 0 Å². The van der Waals surface area contributed by atoms with Crippen molar-refractivity contribution in [3.8, 4) is 0 Å². The average molecular weight is 241 g/mol. The van der Waals surface area contributed by atoms with E-state index in [-0.39, 0.29) is 11.7 Å². The van der Waals surface area contributed by atoms with Gasteiger partial charge < -0.3 is 14.3 Å². The number of aromatic carboxylic acids is 1. The van der Waals surface area contributed by atoms with E-state index in [9.17, 15) is 4.79 Å². The van der Waals surface area contributed by atoms with Crippen LogP contribution in [0.1, 0.15) is 30.0 Å². The van der Waals surface area contributed by atoms with Crippen LogP contribution in [0.5, 0.6) is 0 Å². The number of furan rings is 1. The fourth-order valence-corrected chi connectivity index (χ4v) is 1.42. The van der Waals surface area contributed by atoms with Crippen molar-refractivity contribution in [2.75, 3.05) is 20.2 Å². The van der Waals surface area contributed by atoms with Crippen molar-refractivity contribution in [1.82, 2.24) is 4.90 Å². The lowest BCUT2D eigenvalue weighted by atomic mass is 10.2. The summed E-state index contributed by atoms with van der Waals surface area (Å²) in [6.07, 6.45) is 1.61. The van der Waals surface area contributed by atoms with Gasteiger partial charge >= 0.3 is 5.97 Å². The van der Waals surface area contributed by atoms with Gasteiger partial charge in [0.2, 0.25) is 0 Å². The molecule has 96 valence electrons. The zero-order valence-electron chi connectivity index (χ0n) is 10.5. The summed E-state index contributed by atoms with van der Waals surface area (Å²) in [7, 11) is 1.90. The fraction of sp³-hybridized carbons (Fsp3) is 0.583. The van der Waals surface area contributed by atoms with Crippen LogP contribution in [0.25, 0.3) is 0 Å². The summed E-state index contributed by atoms with van der Waals surface area (Å²) in [6, 6.07) is 1.47. The average Bonchev–Trinajstić information content (AvgIpc) is 2.65. The van der Waals surface area contributed by atoms with Crippen molar-refractivity contribution < 1.29 is 19.1 Å². The molecule has 0 aromatic carbocycles. The Morgan fingerprint density at radius 2 is 2.29 bits per heavy atom. The molecule has 0 unspecified atom stereocenters. The molecule has 1 aromatic rings. The minimum atomic E-state index is -0.958. The number of hydrogen-bond acceptors (Lipinski definition) is 4. The topological polar surface area (TPSA) is 62.9 Å². The van der Waals surface area contributed by atoms with Crippen LogP contribution in [-0.2, 0) is 11.3 Å². The van der Waals surface area contributed by atoms with Gasteiger partial charge in [-0.05, 0) is 27.0 Å². The van der Waals surface area contributed by atoms with E-state index >= 15 is 0 Å². The number of ether oxygens (including phenoxy) is 1. The summed E-state index contributed by atoms with van der Waals surface area (Å²) >= 11 is 0. The molecule has 5 heteroatoms. The molecule has 5 nitrogen and oxygen atoms in total. The van der Waals surface area contributed by atoms with E-state index < -0.39 is 5.97 Å². The Bertz CT molecular complexity index is 359. The molecule has 1 rings (SSSR count). The maximum atomic E-state index is 10.9. The molecule has 0 bridgehead atoms. The first-order valence-corrected chi connectivity index (χ1v) is 5.60. The quantitative estimate of drug-likeness (QED) is 0.789. The maximum Gasteiger partial charge on any atom is 0.339 e. The number of carboxylic acids is 1. The van der Waals surface area contributed by atoms with Gasteiger partial charge in [0.25, 0.3) is 0 Å². The van der Waals surface area contributed by atoms with Gasteiger partial charge in [0.05, 0.1) is 25.5 Å². The van der Waals surface area contributed by atoms with Crippen LogP contribution in [0.15, 0.2) is 16.7 Å². The molecule has 0 aliphatic carbocycles. The van der Waals surface area contributed by atoms with Gasteiger partial charge in [-0.15, -0.1) is 0 Å². The molecule has 0 saturated carbocycles. The number of nitrogens with zero attached hydrogens (tertiary/aromatic N) is 1. The standard InChI is InChI=1S/C12H19NO4/c1-9(2)16-7-5-13(3)8-11-10(12(14)15)4-6-17-11/h4,6,9H,5,7-8H2,1-3H3,(H,14,15). The summed E-state index contributed by atoms with van der Waals surface area (Å²) in [5.41, 5.74) is 0.224. The molecule has 1 N–H and O–H groups in total. The highest BCUT2D eigenvalue weighted by Crippen LogP contribution is 2.12. The van der Waals surface area contributed by atoms with Crippen molar-refractivity contribution >= 4 is 5.97 Å². The van der Waals surface area contributed by atoms with Crippen LogP contribution in [0.4, 0.5) is 0 Å². The van der Waals surface area contributed by atoms with Crippen LogP contribution < -0.4 is 0 Å². The third-order valence-electron chi connectivity index (χ3n) is 2.31. The van der Waals surface area contributed by atoms with Gasteiger partial charge in [-0.2, -0.15) is 0 Å². The van der Waals surface area contributed by atoms with Crippen molar-refractivity contribution in [3.63, 3.8) is 0 Å². The molecular weight excluding hydrogens is 222 g/mol. The molecular formula is C12H19NO4. The van der Waals surface area contributed by atoms with E-state index in [4.69, 9.17) is 14.3 Å². The Hall–Kier alpha value is -1.33. The molecule has 0 saturated heterocycles. The van der Waals surface area contributed by atoms with E-state index in [0.717, 1.165) is 6.54 Å². The van der Waals surface area contributed by atoms with Crippen LogP contribution in [0.3, 0.4) is 0 Å². The molecule has 0 amide bonds. The van der Waals surface area contributed by atoms with Crippen molar-refractivity contribution in [3.05, 3.63) is 23.7 Å². The Morgan fingerprint density at radius 1 is 1.59 bits per heavy atom. The van der Waals surface area contributed by atoms with Crippen LogP contribution >= 0.6 is 0 Å². The van der Waals surface area contributed by atoms with E-state index in [1.165, 1.54) is 12.3 Å². The Labute approximate surface area is 101 Å². The van der Waals surface area contributed by atoms with Crippen LogP contribution in [0.2, 0.25) is 0 Å². The van der Waals surface area contributed by atoms with Crippen molar-refractivity contribution in [2.24, 2.45) is 0 Å². The van der Waals surface area contributed by atoms with Crippen molar-refractivity contribution in [2.45, 2.75) is 26.5 Å². The molecule has 1 aromatic heterocycles. The van der Waals surface area contributed by atoms with Gasteiger partial charge in [0.1, 0.15) is 11.3 Å². The second-order valence-corrected chi connectivity index (χ2v) is 4.22. The number of carboxylic acid groups (broad SMARTS) is 1. The molecule has 17 heavy (non-hydrogen) atoms. The summed E-state index contributed by atoms with van der Waals surface area (Å²) < 4.78 is 10.6. The van der Waals surface area contributed by atoms with Gasteiger partial charge in [-0.3, -0.25) is 4.90 Å². The van der Waals surface area contributed by atoms with E-state index in [1.807, 2.05) is 25.8 Å². The maximum absolute atomic E-state index is 10.9. The minimum absolute atomic E-state index is 0.210. The van der Waals surface area contributed by atoms with E-state index in [0.29, 0.717) is 18.9 Å². The predicted molar refractivity (Wildman–Crippen MR) is 63.1 cm³/mol. The summed E-state index contributed by atoms with van der Waals surface area (Å²) in [5, 5.41) is 8.91. The van der Waals surface area contributed by atoms with Gasteiger partial charge in [-0.1, -0.05) is 0 Å². The first-order valence-electron chi connectivity index (χ1n) is 5.60. The summed E-state index contributed by atoms with van der Waals surface area (Å²) in [4.78, 5) is 12.8. The second-order valence-electron chi connectivity index (χ2n) is 4.22. The molecule has 1 heterocycles. The Kier molecular flexibility index (Phi) is 5.18. The largest absolute Gasteiger partial charge is 0.478 e. The Morgan fingerprint density at radius 3 is 2.88 bits per heavy atom. The molecule has 0 spiro atoms. The lowest BCUT2D eigenvalue weighted by Crippen LogP contribution is -2.24. The molecule has 0 fully saturated rings. The highest BCUT2D eigenvalue weighted by molar-refractivity contribution is 5.88. The molecule has 0 aliphatic heterocycles. The molecule has 0 aliphatic rings. The third kappa shape index (κ3) is 4.58. The summed E-state index contributed by atoms with van der Waals surface area (Å²) in [6.45, 7) is 5.79. The molecule has 0 radical (unpaired) electrons. The first kappa shape index (κ1) is 13.7. The second kappa shape index (κ2) is 6.42.